The summed E-state index contributed by atoms with van der Waals surface area (Å²) in [6.07, 6.45) is 4.46. The van der Waals surface area contributed by atoms with Crippen LogP contribution in [0.3, 0.4) is 0 Å². The van der Waals surface area contributed by atoms with Crippen molar-refractivity contribution in [1.82, 2.24) is 0 Å². The van der Waals surface area contributed by atoms with Crippen molar-refractivity contribution in [2.75, 3.05) is 0 Å². The van der Waals surface area contributed by atoms with E-state index in [-0.39, 0.29) is 12.0 Å². The van der Waals surface area contributed by atoms with Gasteiger partial charge in [-0.25, -0.2) is 9.59 Å². The molecule has 0 aromatic heterocycles. The minimum absolute atomic E-state index is 0.0944. The fourth-order valence-electron chi connectivity index (χ4n) is 4.92. The van der Waals surface area contributed by atoms with Crippen molar-refractivity contribution in [2.45, 2.75) is 44.1 Å². The van der Waals surface area contributed by atoms with Crippen molar-refractivity contribution in [1.29, 1.82) is 0 Å². The first kappa shape index (κ1) is 20.5. The average molecular weight is 428 g/mol. The molecule has 3 aromatic rings. The van der Waals surface area contributed by atoms with E-state index in [1.54, 1.807) is 48.5 Å². The standard InChI is InChI=1S/C27H25NO4/c28-22-15-14-19-16-23(31-26(29)17-8-3-1-4-9-17)25(21-13-7-12-20(22)24(19)21)32-27(30)18-10-5-2-6-11-18/h1-6,8-11,16,20,22H,7,12-15,28H2. The smallest absolute Gasteiger partial charge is 0.343 e. The Morgan fingerprint density at radius 3 is 2.09 bits per heavy atom. The molecule has 2 aliphatic rings. The number of benzene rings is 3. The third-order valence-electron chi connectivity index (χ3n) is 6.47. The molecule has 0 saturated heterocycles. The molecule has 0 amide bonds. The quantitative estimate of drug-likeness (QED) is 0.477. The van der Waals surface area contributed by atoms with Gasteiger partial charge < -0.3 is 15.2 Å². The Balaban J connectivity index is 1.59. The van der Waals surface area contributed by atoms with E-state index < -0.39 is 11.9 Å². The SMILES string of the molecule is NC1CCc2cc(OC(=O)c3ccccc3)c(OC(=O)c3ccccc3)c3c2C1CCC3. The van der Waals surface area contributed by atoms with Gasteiger partial charge in [0.05, 0.1) is 11.1 Å². The van der Waals surface area contributed by atoms with E-state index in [9.17, 15) is 9.59 Å². The molecule has 2 aliphatic carbocycles. The first-order chi connectivity index (χ1) is 15.6. The molecule has 0 saturated carbocycles. The summed E-state index contributed by atoms with van der Waals surface area (Å²) >= 11 is 0. The second-order valence-electron chi connectivity index (χ2n) is 8.47. The molecule has 2 N–H and O–H groups in total. The van der Waals surface area contributed by atoms with Crippen LogP contribution in [0.2, 0.25) is 0 Å². The van der Waals surface area contributed by atoms with Crippen molar-refractivity contribution in [2.24, 2.45) is 5.73 Å². The Hall–Kier alpha value is -3.44. The first-order valence-electron chi connectivity index (χ1n) is 11.1. The molecular formula is C27H25NO4. The zero-order valence-electron chi connectivity index (χ0n) is 17.8. The summed E-state index contributed by atoms with van der Waals surface area (Å²) in [5.41, 5.74) is 10.6. The molecule has 5 heteroatoms. The molecule has 5 rings (SSSR count). The summed E-state index contributed by atoms with van der Waals surface area (Å²) in [6, 6.07) is 19.6. The van der Waals surface area contributed by atoms with E-state index in [0.717, 1.165) is 43.2 Å². The van der Waals surface area contributed by atoms with Gasteiger partial charge in [-0.2, -0.15) is 0 Å². The zero-order chi connectivity index (χ0) is 22.1. The van der Waals surface area contributed by atoms with Crippen LogP contribution in [0, 0.1) is 0 Å². The minimum atomic E-state index is -0.477. The van der Waals surface area contributed by atoms with Gasteiger partial charge in [0, 0.05) is 11.6 Å². The maximum absolute atomic E-state index is 12.9. The normalized spacial score (nSPS) is 19.0. The van der Waals surface area contributed by atoms with Crippen LogP contribution in [0.25, 0.3) is 0 Å². The number of carbonyl (C=O) groups excluding carboxylic acids is 2. The molecule has 0 aliphatic heterocycles. The summed E-state index contributed by atoms with van der Waals surface area (Å²) in [7, 11) is 0. The second-order valence-corrected chi connectivity index (χ2v) is 8.47. The number of ether oxygens (including phenoxy) is 2. The molecular weight excluding hydrogens is 402 g/mol. The van der Waals surface area contributed by atoms with Crippen LogP contribution in [0.5, 0.6) is 11.5 Å². The maximum Gasteiger partial charge on any atom is 0.343 e. The molecule has 5 nitrogen and oxygen atoms in total. The highest BCUT2D eigenvalue weighted by atomic mass is 16.6. The number of carbonyl (C=O) groups is 2. The summed E-state index contributed by atoms with van der Waals surface area (Å²) in [4.78, 5) is 25.8. The van der Waals surface area contributed by atoms with Gasteiger partial charge in [0.1, 0.15) is 0 Å². The molecule has 32 heavy (non-hydrogen) atoms. The van der Waals surface area contributed by atoms with Gasteiger partial charge in [-0.3, -0.25) is 0 Å². The van der Waals surface area contributed by atoms with Crippen molar-refractivity contribution < 1.29 is 19.1 Å². The summed E-state index contributed by atoms with van der Waals surface area (Å²) in [5.74, 6) is -0.0556. The molecule has 0 radical (unpaired) electrons. The summed E-state index contributed by atoms with van der Waals surface area (Å²) in [5, 5.41) is 0. The highest BCUT2D eigenvalue weighted by Gasteiger charge is 2.36. The number of esters is 2. The predicted octanol–water partition coefficient (Wildman–Crippen LogP) is 4.82. The summed E-state index contributed by atoms with van der Waals surface area (Å²) < 4.78 is 11.7. The van der Waals surface area contributed by atoms with Gasteiger partial charge in [-0.1, -0.05) is 36.4 Å². The van der Waals surface area contributed by atoms with Gasteiger partial charge in [0.15, 0.2) is 11.5 Å². The molecule has 162 valence electrons. The fourth-order valence-corrected chi connectivity index (χ4v) is 4.92. The highest BCUT2D eigenvalue weighted by Crippen LogP contribution is 2.48. The lowest BCUT2D eigenvalue weighted by atomic mass is 9.71. The van der Waals surface area contributed by atoms with E-state index >= 15 is 0 Å². The Morgan fingerprint density at radius 1 is 0.812 bits per heavy atom. The van der Waals surface area contributed by atoms with Gasteiger partial charge in [0.2, 0.25) is 0 Å². The highest BCUT2D eigenvalue weighted by molar-refractivity contribution is 5.93. The molecule has 2 unspecified atom stereocenters. The van der Waals surface area contributed by atoms with E-state index in [1.165, 1.54) is 5.56 Å². The topological polar surface area (TPSA) is 78.6 Å². The number of aryl methyl sites for hydroxylation is 1. The van der Waals surface area contributed by atoms with Crippen LogP contribution >= 0.6 is 0 Å². The molecule has 2 atom stereocenters. The van der Waals surface area contributed by atoms with Crippen LogP contribution in [0.4, 0.5) is 0 Å². The summed E-state index contributed by atoms with van der Waals surface area (Å²) in [6.45, 7) is 0. The molecule has 0 heterocycles. The fraction of sp³-hybridized carbons (Fsp3) is 0.259. The van der Waals surface area contributed by atoms with Crippen LogP contribution in [0.15, 0.2) is 66.7 Å². The number of hydrogen-bond acceptors (Lipinski definition) is 5. The lowest BCUT2D eigenvalue weighted by Crippen LogP contribution is -2.36. The van der Waals surface area contributed by atoms with E-state index in [2.05, 4.69) is 0 Å². The third-order valence-corrected chi connectivity index (χ3v) is 6.47. The van der Waals surface area contributed by atoms with Crippen LogP contribution in [-0.4, -0.2) is 18.0 Å². The average Bonchev–Trinajstić information content (AvgIpc) is 2.84. The maximum atomic E-state index is 12.9. The monoisotopic (exact) mass is 427 g/mol. The third kappa shape index (κ3) is 3.80. The Bertz CT molecular complexity index is 1160. The Morgan fingerprint density at radius 2 is 1.44 bits per heavy atom. The van der Waals surface area contributed by atoms with E-state index in [4.69, 9.17) is 15.2 Å². The molecule has 0 fully saturated rings. The van der Waals surface area contributed by atoms with Crippen LogP contribution < -0.4 is 15.2 Å². The van der Waals surface area contributed by atoms with E-state index in [0.29, 0.717) is 22.6 Å². The Kier molecular flexibility index (Phi) is 5.50. The number of rotatable bonds is 4. The predicted molar refractivity (Wildman–Crippen MR) is 121 cm³/mol. The Labute approximate surface area is 187 Å². The lowest BCUT2D eigenvalue weighted by molar-refractivity contribution is 0.0680. The van der Waals surface area contributed by atoms with Crippen LogP contribution in [-0.2, 0) is 12.8 Å². The van der Waals surface area contributed by atoms with Crippen molar-refractivity contribution in [3.05, 3.63) is 94.5 Å². The van der Waals surface area contributed by atoms with Crippen molar-refractivity contribution in [3.63, 3.8) is 0 Å². The number of hydrogen-bond donors (Lipinski definition) is 1. The van der Waals surface area contributed by atoms with Crippen LogP contribution in [0.1, 0.15) is 62.6 Å². The van der Waals surface area contributed by atoms with Crippen molar-refractivity contribution in [3.8, 4) is 11.5 Å². The van der Waals surface area contributed by atoms with E-state index in [1.807, 2.05) is 18.2 Å². The van der Waals surface area contributed by atoms with Crippen molar-refractivity contribution >= 4 is 11.9 Å². The minimum Gasteiger partial charge on any atom is -0.419 e. The van der Waals surface area contributed by atoms with Gasteiger partial charge in [-0.05, 0) is 79.5 Å². The molecule has 0 bridgehead atoms. The van der Waals surface area contributed by atoms with Gasteiger partial charge >= 0.3 is 11.9 Å². The largest absolute Gasteiger partial charge is 0.419 e. The zero-order valence-corrected chi connectivity index (χ0v) is 17.8. The molecule has 0 spiro atoms. The first-order valence-corrected chi connectivity index (χ1v) is 11.1. The second kappa shape index (κ2) is 8.60. The lowest BCUT2D eigenvalue weighted by Gasteiger charge is -2.37. The van der Waals surface area contributed by atoms with Gasteiger partial charge in [0.25, 0.3) is 0 Å². The van der Waals surface area contributed by atoms with Gasteiger partial charge in [-0.15, -0.1) is 0 Å². The number of nitrogens with two attached hydrogens (primary N) is 1. The molecule has 3 aromatic carbocycles.